The summed E-state index contributed by atoms with van der Waals surface area (Å²) in [7, 11) is 0. The van der Waals surface area contributed by atoms with Gasteiger partial charge in [-0.1, -0.05) is 13.8 Å². The molecule has 0 aliphatic carbocycles. The third-order valence-corrected chi connectivity index (χ3v) is 5.14. The molecule has 22 heavy (non-hydrogen) atoms. The predicted molar refractivity (Wildman–Crippen MR) is 90.2 cm³/mol. The fraction of sp³-hybridized carbons (Fsp3) is 0.688. The molecule has 6 heteroatoms. The van der Waals surface area contributed by atoms with Crippen LogP contribution in [0.2, 0.25) is 0 Å². The van der Waals surface area contributed by atoms with Gasteiger partial charge in [0.2, 0.25) is 0 Å². The van der Waals surface area contributed by atoms with Crippen molar-refractivity contribution >= 4 is 17.4 Å². The summed E-state index contributed by atoms with van der Waals surface area (Å²) in [6, 6.07) is 2.08. The molecule has 0 atom stereocenters. The van der Waals surface area contributed by atoms with Crippen LogP contribution in [0.5, 0.6) is 0 Å². The number of nitrogens with one attached hydrogen (secondary N) is 2. The van der Waals surface area contributed by atoms with Gasteiger partial charge in [-0.3, -0.25) is 4.90 Å². The van der Waals surface area contributed by atoms with Crippen LogP contribution in [0.3, 0.4) is 0 Å². The Hall–Kier alpha value is -1.11. The minimum atomic E-state index is -0.126. The van der Waals surface area contributed by atoms with Gasteiger partial charge in [-0.2, -0.15) is 0 Å². The Bertz CT molecular complexity index is 487. The fourth-order valence-corrected chi connectivity index (χ4v) is 3.49. The van der Waals surface area contributed by atoms with Crippen LogP contribution in [0.15, 0.2) is 11.4 Å². The molecule has 2 heterocycles. The van der Waals surface area contributed by atoms with E-state index >= 15 is 0 Å². The van der Waals surface area contributed by atoms with Gasteiger partial charge in [0.25, 0.3) is 0 Å². The Morgan fingerprint density at radius 2 is 2.27 bits per heavy atom. The van der Waals surface area contributed by atoms with E-state index in [0.29, 0.717) is 19.5 Å². The summed E-state index contributed by atoms with van der Waals surface area (Å²) < 4.78 is 0. The van der Waals surface area contributed by atoms with Gasteiger partial charge in [-0.05, 0) is 35.3 Å². The molecule has 1 aromatic rings. The summed E-state index contributed by atoms with van der Waals surface area (Å²) >= 11 is 1.84. The Labute approximate surface area is 136 Å². The largest absolute Gasteiger partial charge is 0.396 e. The number of fused-ring (bicyclic) bond motifs is 1. The standard InChI is InChI=1S/C16H27N3O2S/c1-16(2,5-9-20)12-18-15(21)17-6-8-19-7-3-14-13(11-19)4-10-22-14/h4,10,20H,3,5-9,11-12H2,1-2H3,(H2,17,18,21). The molecule has 5 nitrogen and oxygen atoms in total. The van der Waals surface area contributed by atoms with Crippen molar-refractivity contribution in [2.75, 3.05) is 32.8 Å². The molecule has 0 radical (unpaired) electrons. The van der Waals surface area contributed by atoms with Crippen LogP contribution in [0.4, 0.5) is 4.79 Å². The number of thiophene rings is 1. The van der Waals surface area contributed by atoms with Crippen molar-refractivity contribution in [3.8, 4) is 0 Å². The topological polar surface area (TPSA) is 64.6 Å². The van der Waals surface area contributed by atoms with Crippen LogP contribution in [-0.4, -0.2) is 48.8 Å². The molecule has 1 aromatic heterocycles. The Balaban J connectivity index is 1.62. The molecule has 2 rings (SSSR count). The lowest BCUT2D eigenvalue weighted by atomic mass is 9.90. The highest BCUT2D eigenvalue weighted by Gasteiger charge is 2.19. The van der Waals surface area contributed by atoms with Gasteiger partial charge in [0.1, 0.15) is 0 Å². The average molecular weight is 325 g/mol. The van der Waals surface area contributed by atoms with Crippen LogP contribution in [0.25, 0.3) is 0 Å². The summed E-state index contributed by atoms with van der Waals surface area (Å²) in [4.78, 5) is 15.7. The van der Waals surface area contributed by atoms with E-state index in [1.165, 1.54) is 10.4 Å². The third kappa shape index (κ3) is 5.26. The molecule has 0 saturated carbocycles. The first-order valence-corrected chi connectivity index (χ1v) is 8.78. The Kier molecular flexibility index (Phi) is 6.23. The van der Waals surface area contributed by atoms with Gasteiger partial charge in [-0.15, -0.1) is 11.3 Å². The molecule has 0 aromatic carbocycles. The molecule has 0 unspecified atom stereocenters. The monoisotopic (exact) mass is 325 g/mol. The lowest BCUT2D eigenvalue weighted by Gasteiger charge is -2.27. The SMILES string of the molecule is CC(C)(CCO)CNC(=O)NCCN1CCc2sccc2C1. The number of nitrogens with zero attached hydrogens (tertiary/aromatic N) is 1. The predicted octanol–water partition coefficient (Wildman–Crippen LogP) is 1.81. The quantitative estimate of drug-likeness (QED) is 0.716. The van der Waals surface area contributed by atoms with E-state index in [4.69, 9.17) is 5.11 Å². The number of hydrogen-bond donors (Lipinski definition) is 3. The zero-order valence-electron chi connectivity index (χ0n) is 13.5. The second-order valence-corrected chi connectivity index (χ2v) is 7.64. The van der Waals surface area contributed by atoms with Crippen molar-refractivity contribution in [3.63, 3.8) is 0 Å². The fourth-order valence-electron chi connectivity index (χ4n) is 2.60. The number of urea groups is 1. The van der Waals surface area contributed by atoms with Crippen molar-refractivity contribution in [2.24, 2.45) is 5.41 Å². The van der Waals surface area contributed by atoms with Gasteiger partial charge in [0.15, 0.2) is 0 Å². The molecule has 0 spiro atoms. The van der Waals surface area contributed by atoms with Crippen molar-refractivity contribution in [2.45, 2.75) is 33.2 Å². The molecule has 0 saturated heterocycles. The van der Waals surface area contributed by atoms with Crippen molar-refractivity contribution < 1.29 is 9.90 Å². The smallest absolute Gasteiger partial charge is 0.314 e. The number of carbonyl (C=O) groups is 1. The summed E-state index contributed by atoms with van der Waals surface area (Å²) in [5, 5.41) is 16.9. The lowest BCUT2D eigenvalue weighted by Crippen LogP contribution is -2.44. The number of carbonyl (C=O) groups excluding carboxylic acids is 1. The number of aliphatic hydroxyl groups is 1. The highest BCUT2D eigenvalue weighted by atomic mass is 32.1. The zero-order valence-corrected chi connectivity index (χ0v) is 14.3. The molecule has 1 aliphatic rings. The molecular weight excluding hydrogens is 298 g/mol. The molecule has 1 aliphatic heterocycles. The summed E-state index contributed by atoms with van der Waals surface area (Å²) in [6.45, 7) is 8.39. The lowest BCUT2D eigenvalue weighted by molar-refractivity contribution is 0.200. The molecule has 3 N–H and O–H groups in total. The van der Waals surface area contributed by atoms with Crippen LogP contribution in [-0.2, 0) is 13.0 Å². The second kappa shape index (κ2) is 7.94. The van der Waals surface area contributed by atoms with Crippen LogP contribution in [0.1, 0.15) is 30.7 Å². The second-order valence-electron chi connectivity index (χ2n) is 6.64. The van der Waals surface area contributed by atoms with Gasteiger partial charge in [0, 0.05) is 44.2 Å². The highest BCUT2D eigenvalue weighted by Crippen LogP contribution is 2.23. The van der Waals surface area contributed by atoms with Crippen LogP contribution >= 0.6 is 11.3 Å². The van der Waals surface area contributed by atoms with Gasteiger partial charge >= 0.3 is 6.03 Å². The summed E-state index contributed by atoms with van der Waals surface area (Å²) in [5.74, 6) is 0. The normalized spacial score (nSPS) is 15.4. The third-order valence-electron chi connectivity index (χ3n) is 4.12. The zero-order chi connectivity index (χ0) is 16.0. The summed E-state index contributed by atoms with van der Waals surface area (Å²) in [6.07, 6.45) is 1.80. The van der Waals surface area contributed by atoms with Crippen molar-refractivity contribution in [1.82, 2.24) is 15.5 Å². The molecule has 124 valence electrons. The maximum absolute atomic E-state index is 11.8. The molecule has 2 amide bonds. The van der Waals surface area contributed by atoms with E-state index in [1.54, 1.807) is 0 Å². The van der Waals surface area contributed by atoms with Crippen LogP contribution < -0.4 is 10.6 Å². The molecular formula is C16H27N3O2S. The molecule has 0 bridgehead atoms. The Morgan fingerprint density at radius 1 is 1.45 bits per heavy atom. The van der Waals surface area contributed by atoms with Gasteiger partial charge in [0.05, 0.1) is 0 Å². The Morgan fingerprint density at radius 3 is 3.05 bits per heavy atom. The minimum absolute atomic E-state index is 0.0751. The van der Waals surface area contributed by atoms with Gasteiger partial charge < -0.3 is 15.7 Å². The first kappa shape index (κ1) is 17.2. The first-order valence-electron chi connectivity index (χ1n) is 7.90. The summed E-state index contributed by atoms with van der Waals surface area (Å²) in [5.41, 5.74) is 1.36. The van der Waals surface area contributed by atoms with Crippen LogP contribution in [0, 0.1) is 5.41 Å². The maximum Gasteiger partial charge on any atom is 0.314 e. The van der Waals surface area contributed by atoms with E-state index in [0.717, 1.165) is 26.1 Å². The van der Waals surface area contributed by atoms with E-state index in [9.17, 15) is 4.79 Å². The van der Waals surface area contributed by atoms with E-state index in [2.05, 4.69) is 27.0 Å². The average Bonchev–Trinajstić information content (AvgIpc) is 2.93. The van der Waals surface area contributed by atoms with E-state index < -0.39 is 0 Å². The highest BCUT2D eigenvalue weighted by molar-refractivity contribution is 7.10. The first-order chi connectivity index (χ1) is 10.5. The number of amides is 2. The van der Waals surface area contributed by atoms with E-state index in [1.807, 2.05) is 25.2 Å². The number of rotatable bonds is 7. The molecule has 0 fully saturated rings. The van der Waals surface area contributed by atoms with Crippen molar-refractivity contribution in [1.29, 1.82) is 0 Å². The van der Waals surface area contributed by atoms with Crippen molar-refractivity contribution in [3.05, 3.63) is 21.9 Å². The van der Waals surface area contributed by atoms with E-state index in [-0.39, 0.29) is 18.1 Å². The number of hydrogen-bond acceptors (Lipinski definition) is 4. The maximum atomic E-state index is 11.8. The number of aliphatic hydroxyl groups excluding tert-OH is 1. The van der Waals surface area contributed by atoms with Gasteiger partial charge in [-0.25, -0.2) is 4.79 Å². The minimum Gasteiger partial charge on any atom is -0.396 e.